The van der Waals surface area contributed by atoms with E-state index in [2.05, 4.69) is 16.0 Å². The Labute approximate surface area is 149 Å². The Bertz CT molecular complexity index is 507. The van der Waals surface area contributed by atoms with E-state index in [4.69, 9.17) is 11.6 Å². The molecule has 0 aliphatic heterocycles. The molecule has 0 fully saturated rings. The maximum atomic E-state index is 12.3. The van der Waals surface area contributed by atoms with Crippen LogP contribution >= 0.6 is 24.0 Å². The summed E-state index contributed by atoms with van der Waals surface area (Å²) in [6.07, 6.45) is 0. The highest BCUT2D eigenvalue weighted by Crippen LogP contribution is 2.10. The minimum absolute atomic E-state index is 0. The maximum Gasteiger partial charge on any atom is 0.251 e. The van der Waals surface area contributed by atoms with Crippen LogP contribution in [0.3, 0.4) is 0 Å². The topological polar surface area (TPSA) is 70.2 Å². The molecule has 2 amide bonds. The van der Waals surface area contributed by atoms with Gasteiger partial charge in [-0.3, -0.25) is 9.59 Å². The van der Waals surface area contributed by atoms with Gasteiger partial charge in [0.2, 0.25) is 5.91 Å². The largest absolute Gasteiger partial charge is 0.353 e. The molecule has 0 aliphatic rings. The molecular weight excluding hydrogens is 337 g/mol. The Morgan fingerprint density at radius 2 is 1.70 bits per heavy atom. The predicted octanol–water partition coefficient (Wildman–Crippen LogP) is 2.24. The third-order valence-electron chi connectivity index (χ3n) is 3.42. The second-order valence-corrected chi connectivity index (χ2v) is 6.07. The van der Waals surface area contributed by atoms with E-state index in [-0.39, 0.29) is 36.2 Å². The van der Waals surface area contributed by atoms with E-state index < -0.39 is 6.04 Å². The van der Waals surface area contributed by atoms with Gasteiger partial charge in [0.1, 0.15) is 6.04 Å². The summed E-state index contributed by atoms with van der Waals surface area (Å²) in [7, 11) is 1.83. The summed E-state index contributed by atoms with van der Waals surface area (Å²) in [6.45, 7) is 6.27. The van der Waals surface area contributed by atoms with Crippen molar-refractivity contribution in [2.24, 2.45) is 5.92 Å². The molecule has 0 saturated carbocycles. The van der Waals surface area contributed by atoms with E-state index in [1.165, 1.54) is 0 Å². The Kier molecular flexibility index (Phi) is 9.88. The number of hydrogen-bond donors (Lipinski definition) is 3. The van der Waals surface area contributed by atoms with Gasteiger partial charge in [0, 0.05) is 23.2 Å². The highest BCUT2D eigenvalue weighted by atomic mass is 35.5. The molecule has 5 nitrogen and oxygen atoms in total. The first-order chi connectivity index (χ1) is 10.3. The number of benzene rings is 1. The molecule has 3 N–H and O–H groups in total. The van der Waals surface area contributed by atoms with Gasteiger partial charge in [-0.2, -0.15) is 0 Å². The van der Waals surface area contributed by atoms with Crippen molar-refractivity contribution in [3.8, 4) is 0 Å². The zero-order valence-corrected chi connectivity index (χ0v) is 15.4. The molecule has 0 saturated heterocycles. The monoisotopic (exact) mass is 361 g/mol. The SMILES string of the molecule is CNC(C)CNC(=O)C(NC(=O)c1ccc(Cl)cc1)C(C)C.Cl. The second kappa shape index (κ2) is 10.5. The van der Waals surface area contributed by atoms with E-state index in [1.54, 1.807) is 24.3 Å². The number of halogens is 2. The van der Waals surface area contributed by atoms with Crippen LogP contribution in [0.25, 0.3) is 0 Å². The van der Waals surface area contributed by atoms with Crippen molar-refractivity contribution >= 4 is 35.8 Å². The summed E-state index contributed by atoms with van der Waals surface area (Å²) in [4.78, 5) is 24.5. The second-order valence-electron chi connectivity index (χ2n) is 5.64. The van der Waals surface area contributed by atoms with Crippen molar-refractivity contribution in [2.75, 3.05) is 13.6 Å². The van der Waals surface area contributed by atoms with Crippen molar-refractivity contribution in [3.05, 3.63) is 34.9 Å². The molecule has 0 spiro atoms. The van der Waals surface area contributed by atoms with Gasteiger partial charge < -0.3 is 16.0 Å². The summed E-state index contributed by atoms with van der Waals surface area (Å²) in [6, 6.07) is 6.16. The van der Waals surface area contributed by atoms with Crippen molar-refractivity contribution in [1.29, 1.82) is 0 Å². The Balaban J connectivity index is 0.00000484. The molecular formula is C16H25Cl2N3O2. The van der Waals surface area contributed by atoms with Crippen LogP contribution in [0.4, 0.5) is 0 Å². The zero-order valence-electron chi connectivity index (χ0n) is 13.9. The molecule has 0 bridgehead atoms. The van der Waals surface area contributed by atoms with Gasteiger partial charge in [-0.1, -0.05) is 25.4 Å². The molecule has 130 valence electrons. The third kappa shape index (κ3) is 7.20. The molecule has 0 radical (unpaired) electrons. The van der Waals surface area contributed by atoms with Crippen LogP contribution in [0.2, 0.25) is 5.02 Å². The number of carbonyl (C=O) groups excluding carboxylic acids is 2. The smallest absolute Gasteiger partial charge is 0.251 e. The van der Waals surface area contributed by atoms with Gasteiger partial charge >= 0.3 is 0 Å². The fraction of sp³-hybridized carbons (Fsp3) is 0.500. The van der Waals surface area contributed by atoms with Crippen molar-refractivity contribution in [2.45, 2.75) is 32.9 Å². The first kappa shape index (κ1) is 21.7. The summed E-state index contributed by atoms with van der Waals surface area (Å²) >= 11 is 5.81. The highest BCUT2D eigenvalue weighted by Gasteiger charge is 2.24. The van der Waals surface area contributed by atoms with Gasteiger partial charge in [0.05, 0.1) is 0 Å². The van der Waals surface area contributed by atoms with Crippen molar-refractivity contribution in [1.82, 2.24) is 16.0 Å². The lowest BCUT2D eigenvalue weighted by Gasteiger charge is -2.22. The predicted molar refractivity (Wildman–Crippen MR) is 96.3 cm³/mol. The van der Waals surface area contributed by atoms with Gasteiger partial charge in [-0.15, -0.1) is 12.4 Å². The minimum atomic E-state index is -0.577. The lowest BCUT2D eigenvalue weighted by atomic mass is 10.0. The van der Waals surface area contributed by atoms with E-state index in [0.717, 1.165) is 0 Å². The van der Waals surface area contributed by atoms with Crippen LogP contribution in [-0.4, -0.2) is 37.5 Å². The molecule has 1 aromatic carbocycles. The zero-order chi connectivity index (χ0) is 16.7. The molecule has 7 heteroatoms. The van der Waals surface area contributed by atoms with Gasteiger partial charge in [-0.05, 0) is 44.2 Å². The molecule has 0 aliphatic carbocycles. The van der Waals surface area contributed by atoms with Crippen LogP contribution in [-0.2, 0) is 4.79 Å². The van der Waals surface area contributed by atoms with Gasteiger partial charge in [0.25, 0.3) is 5.91 Å². The van der Waals surface area contributed by atoms with Gasteiger partial charge in [0.15, 0.2) is 0 Å². The standard InChI is InChI=1S/C16H24ClN3O2.ClH/c1-10(2)14(16(22)19-9-11(3)18-4)20-15(21)12-5-7-13(17)8-6-12;/h5-8,10-11,14,18H,9H2,1-4H3,(H,19,22)(H,20,21);1H. The Morgan fingerprint density at radius 3 is 2.17 bits per heavy atom. The summed E-state index contributed by atoms with van der Waals surface area (Å²) in [5, 5.41) is 9.23. The van der Waals surface area contributed by atoms with Crippen molar-refractivity contribution < 1.29 is 9.59 Å². The quantitative estimate of drug-likeness (QED) is 0.697. The number of rotatable bonds is 7. The lowest BCUT2D eigenvalue weighted by Crippen LogP contribution is -2.51. The Morgan fingerprint density at radius 1 is 1.13 bits per heavy atom. The van der Waals surface area contributed by atoms with Crippen LogP contribution < -0.4 is 16.0 Å². The van der Waals surface area contributed by atoms with E-state index >= 15 is 0 Å². The molecule has 1 aromatic rings. The molecule has 1 rings (SSSR count). The third-order valence-corrected chi connectivity index (χ3v) is 3.67. The maximum absolute atomic E-state index is 12.3. The number of likely N-dealkylation sites (N-methyl/N-ethyl adjacent to an activating group) is 1. The first-order valence-corrected chi connectivity index (χ1v) is 7.74. The average Bonchev–Trinajstić information content (AvgIpc) is 2.49. The van der Waals surface area contributed by atoms with Crippen molar-refractivity contribution in [3.63, 3.8) is 0 Å². The van der Waals surface area contributed by atoms with E-state index in [9.17, 15) is 9.59 Å². The highest BCUT2D eigenvalue weighted by molar-refractivity contribution is 6.30. The summed E-state index contributed by atoms with van der Waals surface area (Å²) in [5.41, 5.74) is 0.478. The molecule has 0 aromatic heterocycles. The van der Waals surface area contributed by atoms with Crippen LogP contribution in [0.15, 0.2) is 24.3 Å². The van der Waals surface area contributed by atoms with Crippen LogP contribution in [0.5, 0.6) is 0 Å². The summed E-state index contributed by atoms with van der Waals surface area (Å²) in [5.74, 6) is -0.479. The Hall–Kier alpha value is -1.30. The molecule has 0 heterocycles. The normalized spacial score (nSPS) is 13.0. The molecule has 23 heavy (non-hydrogen) atoms. The van der Waals surface area contributed by atoms with E-state index in [0.29, 0.717) is 17.1 Å². The van der Waals surface area contributed by atoms with Crippen LogP contribution in [0.1, 0.15) is 31.1 Å². The lowest BCUT2D eigenvalue weighted by molar-refractivity contribution is -0.124. The molecule has 2 atom stereocenters. The fourth-order valence-corrected chi connectivity index (χ4v) is 1.95. The fourth-order valence-electron chi connectivity index (χ4n) is 1.83. The number of hydrogen-bond acceptors (Lipinski definition) is 3. The minimum Gasteiger partial charge on any atom is -0.353 e. The van der Waals surface area contributed by atoms with Gasteiger partial charge in [-0.25, -0.2) is 0 Å². The number of carbonyl (C=O) groups is 2. The number of nitrogens with one attached hydrogen (secondary N) is 3. The van der Waals surface area contributed by atoms with E-state index in [1.807, 2.05) is 27.8 Å². The van der Waals surface area contributed by atoms with Crippen LogP contribution in [0, 0.1) is 5.92 Å². The summed E-state index contributed by atoms with van der Waals surface area (Å²) < 4.78 is 0. The first-order valence-electron chi connectivity index (χ1n) is 7.36. The number of amides is 2. The molecule has 2 unspecified atom stereocenters. The average molecular weight is 362 g/mol.